The maximum Gasteiger partial charge on any atom is 0.254 e. The van der Waals surface area contributed by atoms with Gasteiger partial charge in [0, 0.05) is 49.2 Å². The van der Waals surface area contributed by atoms with Crippen molar-refractivity contribution in [3.05, 3.63) is 47.8 Å². The highest BCUT2D eigenvalue weighted by Crippen LogP contribution is 2.37. The van der Waals surface area contributed by atoms with E-state index in [0.29, 0.717) is 47.9 Å². The molecule has 162 valence electrons. The number of benzene rings is 1. The van der Waals surface area contributed by atoms with E-state index in [1.54, 1.807) is 6.20 Å². The molecular formula is C23H30F2N4O. The molecular weight excluding hydrogens is 386 g/mol. The van der Waals surface area contributed by atoms with Gasteiger partial charge in [-0.25, -0.2) is 8.78 Å². The van der Waals surface area contributed by atoms with Crippen LogP contribution in [0.4, 0.5) is 14.5 Å². The molecule has 1 fully saturated rings. The topological polar surface area (TPSA) is 71.2 Å². The lowest BCUT2D eigenvalue weighted by atomic mass is 10.00. The Hall–Kier alpha value is -2.54. The number of amides is 1. The minimum absolute atomic E-state index is 0.242. The van der Waals surface area contributed by atoms with Crippen molar-refractivity contribution < 1.29 is 13.6 Å². The fraction of sp³-hybridized carbons (Fsp3) is 0.478. The van der Waals surface area contributed by atoms with Crippen LogP contribution in [0.5, 0.6) is 0 Å². The van der Waals surface area contributed by atoms with Crippen molar-refractivity contribution in [3.63, 3.8) is 0 Å². The van der Waals surface area contributed by atoms with Crippen LogP contribution in [0.15, 0.2) is 30.6 Å². The largest absolute Gasteiger partial charge is 0.368 e. The monoisotopic (exact) mass is 416 g/mol. The number of nitrogens with zero attached hydrogens (tertiary/aromatic N) is 2. The molecule has 3 rings (SSSR count). The van der Waals surface area contributed by atoms with Crippen LogP contribution in [0.3, 0.4) is 0 Å². The molecule has 7 heteroatoms. The number of nitrogens with one attached hydrogen (secondary N) is 1. The Labute approximate surface area is 176 Å². The first-order chi connectivity index (χ1) is 14.2. The Bertz CT molecular complexity index is 892. The summed E-state index contributed by atoms with van der Waals surface area (Å²) in [5.41, 5.74) is 7.78. The Morgan fingerprint density at radius 1 is 1.23 bits per heavy atom. The summed E-state index contributed by atoms with van der Waals surface area (Å²) in [7, 11) is 0. The summed E-state index contributed by atoms with van der Waals surface area (Å²) in [4.78, 5) is 19.3. The van der Waals surface area contributed by atoms with Crippen LogP contribution in [0.2, 0.25) is 0 Å². The van der Waals surface area contributed by atoms with Crippen LogP contribution < -0.4 is 16.0 Å². The Morgan fingerprint density at radius 3 is 2.47 bits per heavy atom. The molecule has 1 amide bonds. The number of hydrogen-bond donors (Lipinski definition) is 2. The van der Waals surface area contributed by atoms with Crippen LogP contribution in [-0.2, 0) is 0 Å². The van der Waals surface area contributed by atoms with Crippen LogP contribution in [0, 0.1) is 17.6 Å². The number of anilines is 1. The van der Waals surface area contributed by atoms with Crippen molar-refractivity contribution in [3.8, 4) is 11.1 Å². The van der Waals surface area contributed by atoms with Crippen molar-refractivity contribution in [1.82, 2.24) is 10.3 Å². The fourth-order valence-corrected chi connectivity index (χ4v) is 3.97. The molecule has 0 unspecified atom stereocenters. The molecule has 0 aliphatic carbocycles. The number of nitrogens with two attached hydrogens (primary N) is 1. The zero-order chi connectivity index (χ0) is 21.9. The molecule has 2 heterocycles. The molecule has 30 heavy (non-hydrogen) atoms. The van der Waals surface area contributed by atoms with Gasteiger partial charge >= 0.3 is 0 Å². The number of carbonyl (C=O) groups excluding carboxylic acids is 1. The molecule has 1 aliphatic heterocycles. The summed E-state index contributed by atoms with van der Waals surface area (Å²) in [5, 5.41) is 3.00. The highest BCUT2D eigenvalue weighted by Gasteiger charge is 2.33. The predicted octanol–water partition coefficient (Wildman–Crippen LogP) is 4.12. The lowest BCUT2D eigenvalue weighted by Crippen LogP contribution is -2.40. The summed E-state index contributed by atoms with van der Waals surface area (Å²) in [5.74, 6) is -1.20. The number of carbonyl (C=O) groups is 1. The molecule has 1 aromatic heterocycles. The number of aromatic nitrogens is 1. The Balaban J connectivity index is 2.05. The first-order valence-electron chi connectivity index (χ1n) is 10.5. The van der Waals surface area contributed by atoms with Gasteiger partial charge in [0.2, 0.25) is 0 Å². The molecule has 3 N–H and O–H groups in total. The number of halogens is 2. The molecule has 1 atom stereocenters. The first kappa shape index (κ1) is 22.2. The second-order valence-electron chi connectivity index (χ2n) is 8.46. The van der Waals surface area contributed by atoms with E-state index in [4.69, 9.17) is 5.73 Å². The summed E-state index contributed by atoms with van der Waals surface area (Å²) in [6.45, 7) is 7.90. The van der Waals surface area contributed by atoms with Gasteiger partial charge in [-0.2, -0.15) is 0 Å². The van der Waals surface area contributed by atoms with E-state index in [1.807, 2.05) is 11.8 Å². The highest BCUT2D eigenvalue weighted by atomic mass is 19.1. The van der Waals surface area contributed by atoms with Crippen molar-refractivity contribution in [1.29, 1.82) is 0 Å². The maximum atomic E-state index is 13.9. The van der Waals surface area contributed by atoms with Crippen molar-refractivity contribution in [2.45, 2.75) is 45.6 Å². The van der Waals surface area contributed by atoms with Gasteiger partial charge in [-0.15, -0.1) is 0 Å². The smallest absolute Gasteiger partial charge is 0.254 e. The Morgan fingerprint density at radius 2 is 1.90 bits per heavy atom. The van der Waals surface area contributed by atoms with Gasteiger partial charge in [0.25, 0.3) is 5.91 Å². The van der Waals surface area contributed by atoms with Gasteiger partial charge in [0.05, 0.1) is 11.3 Å². The molecule has 5 nitrogen and oxygen atoms in total. The second kappa shape index (κ2) is 9.08. The zero-order valence-corrected chi connectivity index (χ0v) is 17.8. The molecule has 0 bridgehead atoms. The van der Waals surface area contributed by atoms with E-state index >= 15 is 0 Å². The first-order valence-corrected chi connectivity index (χ1v) is 10.5. The molecule has 2 aromatic rings. The second-order valence-corrected chi connectivity index (χ2v) is 8.46. The molecule has 0 saturated carbocycles. The van der Waals surface area contributed by atoms with Crippen LogP contribution in [-0.4, -0.2) is 36.1 Å². The average Bonchev–Trinajstić information content (AvgIpc) is 3.06. The molecule has 1 saturated heterocycles. The van der Waals surface area contributed by atoms with Gasteiger partial charge in [0.15, 0.2) is 0 Å². The minimum Gasteiger partial charge on any atom is -0.368 e. The lowest BCUT2D eigenvalue weighted by molar-refractivity contribution is 0.0946. The third-order valence-electron chi connectivity index (χ3n) is 5.86. The van der Waals surface area contributed by atoms with Gasteiger partial charge in [-0.3, -0.25) is 9.78 Å². The number of hydrogen-bond acceptors (Lipinski definition) is 4. The van der Waals surface area contributed by atoms with Crippen LogP contribution >= 0.6 is 0 Å². The maximum absolute atomic E-state index is 13.9. The number of rotatable bonds is 7. The fourth-order valence-electron chi connectivity index (χ4n) is 3.97. The van der Waals surface area contributed by atoms with E-state index in [1.165, 1.54) is 18.3 Å². The summed E-state index contributed by atoms with van der Waals surface area (Å²) in [6.07, 6.45) is 5.77. The third-order valence-corrected chi connectivity index (χ3v) is 5.86. The molecule has 0 spiro atoms. The predicted molar refractivity (Wildman–Crippen MR) is 115 cm³/mol. The average molecular weight is 417 g/mol. The molecule has 1 aromatic carbocycles. The van der Waals surface area contributed by atoms with E-state index in [9.17, 15) is 13.6 Å². The van der Waals surface area contributed by atoms with E-state index in [2.05, 4.69) is 24.1 Å². The summed E-state index contributed by atoms with van der Waals surface area (Å²) < 4.78 is 27.8. The number of pyridine rings is 1. The van der Waals surface area contributed by atoms with Gasteiger partial charge in [-0.1, -0.05) is 26.7 Å². The summed E-state index contributed by atoms with van der Waals surface area (Å²) >= 11 is 0. The van der Waals surface area contributed by atoms with Crippen molar-refractivity contribution >= 4 is 11.6 Å². The van der Waals surface area contributed by atoms with Gasteiger partial charge < -0.3 is 16.0 Å². The SMILES string of the molecule is CCC(CC)CNC(=O)c1cncc(-c2cc(F)cc(F)c2)c1N1CC[C@](C)(N)C1. The summed E-state index contributed by atoms with van der Waals surface area (Å²) in [6, 6.07) is 3.34. The van der Waals surface area contributed by atoms with Gasteiger partial charge in [0.1, 0.15) is 11.6 Å². The van der Waals surface area contributed by atoms with E-state index in [-0.39, 0.29) is 5.91 Å². The van der Waals surface area contributed by atoms with Crippen molar-refractivity contribution in [2.75, 3.05) is 24.5 Å². The minimum atomic E-state index is -0.676. The quantitative estimate of drug-likeness (QED) is 0.712. The molecule has 0 radical (unpaired) electrons. The van der Waals surface area contributed by atoms with Crippen molar-refractivity contribution in [2.24, 2.45) is 11.7 Å². The normalized spacial score (nSPS) is 18.8. The van der Waals surface area contributed by atoms with Crippen LogP contribution in [0.1, 0.15) is 50.4 Å². The van der Waals surface area contributed by atoms with E-state index in [0.717, 1.165) is 25.3 Å². The third kappa shape index (κ3) is 4.95. The standard InChI is InChI=1S/C23H30F2N4O/c1-4-15(5-2)11-28-22(30)20-13-27-12-19(16-8-17(24)10-18(25)9-16)21(20)29-7-6-23(3,26)14-29/h8-10,12-13,15H,4-7,11,14,26H2,1-3H3,(H,28,30)/t23-/m0/s1. The zero-order valence-electron chi connectivity index (χ0n) is 17.8. The highest BCUT2D eigenvalue weighted by molar-refractivity contribution is 6.03. The molecule has 1 aliphatic rings. The lowest BCUT2D eigenvalue weighted by Gasteiger charge is -2.26. The Kier molecular flexibility index (Phi) is 6.71. The van der Waals surface area contributed by atoms with Crippen LogP contribution in [0.25, 0.3) is 11.1 Å². The van der Waals surface area contributed by atoms with E-state index < -0.39 is 17.2 Å². The van der Waals surface area contributed by atoms with Gasteiger partial charge in [-0.05, 0) is 37.0 Å².